The summed E-state index contributed by atoms with van der Waals surface area (Å²) in [5, 5.41) is 14.8. The molecular formula is C9H12N4OS. The van der Waals surface area contributed by atoms with Crippen LogP contribution in [0, 0.1) is 10.8 Å². The molecular weight excluding hydrogens is 212 g/mol. The number of hydrazone groups is 1. The van der Waals surface area contributed by atoms with Crippen LogP contribution in [0.1, 0.15) is 27.2 Å². The van der Waals surface area contributed by atoms with E-state index in [0.29, 0.717) is 5.17 Å². The molecule has 0 aromatic carbocycles. The van der Waals surface area contributed by atoms with Gasteiger partial charge in [-0.05, 0) is 11.8 Å². The fraction of sp³-hybridized carbons (Fsp3) is 0.556. The van der Waals surface area contributed by atoms with Crippen molar-refractivity contribution < 1.29 is 4.79 Å². The van der Waals surface area contributed by atoms with Gasteiger partial charge >= 0.3 is 0 Å². The number of thioether (sulfide) groups is 1. The molecule has 80 valence electrons. The first-order chi connectivity index (χ1) is 6.88. The largest absolute Gasteiger partial charge is 0.286 e. The van der Waals surface area contributed by atoms with E-state index in [1.54, 1.807) is 0 Å². The van der Waals surface area contributed by atoms with Gasteiger partial charge in [-0.15, -0.1) is 0 Å². The van der Waals surface area contributed by atoms with Crippen molar-refractivity contribution in [2.24, 2.45) is 15.5 Å². The number of nitrogens with one attached hydrogen (secondary N) is 1. The Kier molecular flexibility index (Phi) is 2.18. The van der Waals surface area contributed by atoms with Crippen LogP contribution in [0.5, 0.6) is 0 Å². The average molecular weight is 224 g/mol. The summed E-state index contributed by atoms with van der Waals surface area (Å²) in [6, 6.07) is 0. The maximum atomic E-state index is 11.2. The quantitative estimate of drug-likeness (QED) is 0.680. The van der Waals surface area contributed by atoms with E-state index < -0.39 is 0 Å². The van der Waals surface area contributed by atoms with Crippen LogP contribution in [-0.4, -0.2) is 27.0 Å². The third-order valence-corrected chi connectivity index (χ3v) is 3.33. The zero-order chi connectivity index (χ0) is 11.2. The molecule has 0 unspecified atom stereocenters. The topological polar surface area (TPSA) is 68.9 Å². The Hall–Kier alpha value is -1.17. The van der Waals surface area contributed by atoms with E-state index in [2.05, 4.69) is 10.1 Å². The number of nitrogens with zero attached hydrogens (tertiary/aromatic N) is 3. The van der Waals surface area contributed by atoms with Crippen LogP contribution < -0.4 is 0 Å². The fourth-order valence-electron chi connectivity index (χ4n) is 1.20. The van der Waals surface area contributed by atoms with Crippen molar-refractivity contribution in [3.8, 4) is 0 Å². The average Bonchev–Trinajstić information content (AvgIpc) is 2.46. The number of amidine groups is 2. The molecule has 2 heterocycles. The van der Waals surface area contributed by atoms with Crippen molar-refractivity contribution in [2.75, 3.05) is 0 Å². The standard InChI is InChI=1S/C9H12N4OS/c1-9(2,3)7-12-13-5(10)4-6(14)11-8(13)15-7/h10H,4H2,1-3H3. The predicted molar refractivity (Wildman–Crippen MR) is 61.1 cm³/mol. The van der Waals surface area contributed by atoms with Gasteiger partial charge in [0.1, 0.15) is 10.9 Å². The Morgan fingerprint density at radius 1 is 1.47 bits per heavy atom. The third-order valence-electron chi connectivity index (χ3n) is 2.00. The predicted octanol–water partition coefficient (Wildman–Crippen LogP) is 1.66. The SMILES string of the molecule is CC(C)(C)C1=NN2C(=N)CC(=O)N=C2S1. The summed E-state index contributed by atoms with van der Waals surface area (Å²) < 4.78 is 0. The van der Waals surface area contributed by atoms with Crippen molar-refractivity contribution in [2.45, 2.75) is 27.2 Å². The molecule has 2 aliphatic heterocycles. The number of amides is 1. The molecule has 15 heavy (non-hydrogen) atoms. The second-order valence-electron chi connectivity index (χ2n) is 4.48. The van der Waals surface area contributed by atoms with Crippen LogP contribution in [0.3, 0.4) is 0 Å². The Balaban J connectivity index is 2.34. The molecule has 0 atom stereocenters. The number of rotatable bonds is 0. The first-order valence-corrected chi connectivity index (χ1v) is 5.45. The minimum Gasteiger partial charge on any atom is -0.286 e. The van der Waals surface area contributed by atoms with Crippen LogP contribution in [0.2, 0.25) is 0 Å². The van der Waals surface area contributed by atoms with Crippen molar-refractivity contribution in [1.29, 1.82) is 5.41 Å². The Morgan fingerprint density at radius 3 is 2.73 bits per heavy atom. The fourth-order valence-corrected chi connectivity index (χ4v) is 2.18. The molecule has 0 radical (unpaired) electrons. The number of hydrogen-bond donors (Lipinski definition) is 1. The molecule has 6 heteroatoms. The highest BCUT2D eigenvalue weighted by atomic mass is 32.2. The summed E-state index contributed by atoms with van der Waals surface area (Å²) in [6.07, 6.45) is 0.0466. The van der Waals surface area contributed by atoms with Gasteiger partial charge in [-0.1, -0.05) is 20.8 Å². The number of carbonyl (C=O) groups excluding carboxylic acids is 1. The number of carbonyl (C=O) groups is 1. The summed E-state index contributed by atoms with van der Waals surface area (Å²) in [5.41, 5.74) is -0.0755. The molecule has 0 aromatic rings. The molecule has 1 amide bonds. The van der Waals surface area contributed by atoms with Crippen molar-refractivity contribution in [3.63, 3.8) is 0 Å². The molecule has 2 aliphatic rings. The minimum absolute atomic E-state index is 0.0466. The van der Waals surface area contributed by atoms with E-state index in [4.69, 9.17) is 5.41 Å². The van der Waals surface area contributed by atoms with Gasteiger partial charge in [0.15, 0.2) is 5.17 Å². The van der Waals surface area contributed by atoms with E-state index >= 15 is 0 Å². The number of fused-ring (bicyclic) bond motifs is 1. The van der Waals surface area contributed by atoms with Crippen LogP contribution in [0.25, 0.3) is 0 Å². The smallest absolute Gasteiger partial charge is 0.255 e. The summed E-state index contributed by atoms with van der Waals surface area (Å²) >= 11 is 1.37. The highest BCUT2D eigenvalue weighted by Gasteiger charge is 2.36. The lowest BCUT2D eigenvalue weighted by atomic mass is 9.99. The highest BCUT2D eigenvalue weighted by Crippen LogP contribution is 2.33. The summed E-state index contributed by atoms with van der Waals surface area (Å²) in [4.78, 5) is 15.0. The summed E-state index contributed by atoms with van der Waals surface area (Å²) in [5.74, 6) is -0.0548. The van der Waals surface area contributed by atoms with E-state index in [-0.39, 0.29) is 23.6 Å². The summed E-state index contributed by atoms with van der Waals surface area (Å²) in [6.45, 7) is 6.13. The first-order valence-electron chi connectivity index (χ1n) is 4.64. The molecule has 5 nitrogen and oxygen atoms in total. The zero-order valence-corrected chi connectivity index (χ0v) is 9.68. The second-order valence-corrected chi connectivity index (χ2v) is 5.44. The number of hydrogen-bond acceptors (Lipinski definition) is 4. The van der Waals surface area contributed by atoms with Crippen molar-refractivity contribution >= 4 is 33.7 Å². The van der Waals surface area contributed by atoms with Crippen molar-refractivity contribution in [1.82, 2.24) is 5.01 Å². The lowest BCUT2D eigenvalue weighted by Crippen LogP contribution is -2.33. The van der Waals surface area contributed by atoms with Gasteiger partial charge in [-0.2, -0.15) is 15.1 Å². The van der Waals surface area contributed by atoms with E-state index in [0.717, 1.165) is 5.04 Å². The van der Waals surface area contributed by atoms with E-state index in [1.807, 2.05) is 20.8 Å². The monoisotopic (exact) mass is 224 g/mol. The van der Waals surface area contributed by atoms with Crippen LogP contribution in [0.4, 0.5) is 0 Å². The van der Waals surface area contributed by atoms with Crippen LogP contribution >= 0.6 is 11.8 Å². The van der Waals surface area contributed by atoms with E-state index in [9.17, 15) is 4.79 Å². The molecule has 0 fully saturated rings. The van der Waals surface area contributed by atoms with Gasteiger partial charge in [0.2, 0.25) is 0 Å². The number of aliphatic imine (C=N–C) groups is 1. The molecule has 2 rings (SSSR count). The zero-order valence-electron chi connectivity index (χ0n) is 8.87. The Bertz CT molecular complexity index is 405. The Labute approximate surface area is 92.1 Å². The van der Waals surface area contributed by atoms with Crippen LogP contribution in [-0.2, 0) is 4.79 Å². The lowest BCUT2D eigenvalue weighted by molar-refractivity contribution is -0.117. The molecule has 1 N–H and O–H groups in total. The molecule has 0 bridgehead atoms. The van der Waals surface area contributed by atoms with E-state index in [1.165, 1.54) is 16.8 Å². The summed E-state index contributed by atoms with van der Waals surface area (Å²) in [7, 11) is 0. The highest BCUT2D eigenvalue weighted by molar-refractivity contribution is 8.27. The molecule has 0 saturated heterocycles. The molecule has 0 saturated carbocycles. The molecule has 0 aromatic heterocycles. The minimum atomic E-state index is -0.260. The molecule has 0 aliphatic carbocycles. The van der Waals surface area contributed by atoms with Gasteiger partial charge < -0.3 is 0 Å². The Morgan fingerprint density at radius 2 is 2.13 bits per heavy atom. The maximum Gasteiger partial charge on any atom is 0.255 e. The van der Waals surface area contributed by atoms with Gasteiger partial charge in [-0.25, -0.2) is 0 Å². The third kappa shape index (κ3) is 1.81. The van der Waals surface area contributed by atoms with Crippen LogP contribution in [0.15, 0.2) is 10.1 Å². The van der Waals surface area contributed by atoms with Gasteiger partial charge in [0, 0.05) is 5.41 Å². The normalized spacial score (nSPS) is 21.4. The second kappa shape index (κ2) is 3.16. The molecule has 0 spiro atoms. The van der Waals surface area contributed by atoms with Gasteiger partial charge in [0.25, 0.3) is 5.91 Å². The maximum absolute atomic E-state index is 11.2. The van der Waals surface area contributed by atoms with Gasteiger partial charge in [-0.3, -0.25) is 10.2 Å². The van der Waals surface area contributed by atoms with Gasteiger partial charge in [0.05, 0.1) is 6.42 Å². The van der Waals surface area contributed by atoms with Crippen molar-refractivity contribution in [3.05, 3.63) is 0 Å². The first kappa shape index (κ1) is 10.4. The lowest BCUT2D eigenvalue weighted by Gasteiger charge is -2.17.